The standard InChI is InChI=1S/C19H26N4O2S.C2HF3O2/c1-22-14-15(13-21-22)12-20-18-11-19(17-6-4-3-5-16(17)18)7-9-23(10-8-19)26(2,24)25;3-2(4,5)1(6)7/h3-6,13-14,18,20H,7-12H2,1-2H3;(H,6,7). The van der Waals surface area contributed by atoms with Crippen LogP contribution in [0, 0.1) is 0 Å². The number of alkyl halides is 3. The van der Waals surface area contributed by atoms with Gasteiger partial charge in [0.2, 0.25) is 10.0 Å². The molecule has 4 rings (SSSR count). The summed E-state index contributed by atoms with van der Waals surface area (Å²) in [7, 11) is -1.17. The van der Waals surface area contributed by atoms with Gasteiger partial charge in [0, 0.05) is 44.5 Å². The first-order valence-corrected chi connectivity index (χ1v) is 12.2. The van der Waals surface area contributed by atoms with E-state index in [1.54, 1.807) is 4.31 Å². The van der Waals surface area contributed by atoms with Gasteiger partial charge in [0.05, 0.1) is 12.5 Å². The topological polar surface area (TPSA) is 105 Å². The summed E-state index contributed by atoms with van der Waals surface area (Å²) < 4.78 is 58.9. The monoisotopic (exact) mass is 488 g/mol. The highest BCUT2D eigenvalue weighted by atomic mass is 32.2. The fourth-order valence-corrected chi connectivity index (χ4v) is 5.45. The van der Waals surface area contributed by atoms with Crippen molar-refractivity contribution in [2.45, 2.75) is 43.4 Å². The number of nitrogens with zero attached hydrogens (tertiary/aromatic N) is 3. The second-order valence-corrected chi connectivity index (χ2v) is 10.5. The molecule has 8 nitrogen and oxygen atoms in total. The first kappa shape index (κ1) is 25.2. The van der Waals surface area contributed by atoms with Gasteiger partial charge in [0.25, 0.3) is 0 Å². The third-order valence-electron chi connectivity index (χ3n) is 6.20. The van der Waals surface area contributed by atoms with E-state index in [1.807, 2.05) is 24.1 Å². The summed E-state index contributed by atoms with van der Waals surface area (Å²) in [5, 5.41) is 15.1. The Hall–Kier alpha value is -2.44. The van der Waals surface area contributed by atoms with Crippen molar-refractivity contribution in [3.63, 3.8) is 0 Å². The van der Waals surface area contributed by atoms with Crippen LogP contribution in [0.5, 0.6) is 0 Å². The fourth-order valence-electron chi connectivity index (χ4n) is 4.60. The Bertz CT molecular complexity index is 1090. The number of piperidine rings is 1. The number of rotatable bonds is 4. The van der Waals surface area contributed by atoms with Crippen LogP contribution in [-0.2, 0) is 33.8 Å². The van der Waals surface area contributed by atoms with Gasteiger partial charge in [0.1, 0.15) is 0 Å². The number of aliphatic carboxylic acids is 1. The van der Waals surface area contributed by atoms with Gasteiger partial charge in [-0.25, -0.2) is 17.5 Å². The zero-order valence-electron chi connectivity index (χ0n) is 18.3. The van der Waals surface area contributed by atoms with Crippen LogP contribution in [0.1, 0.15) is 42.0 Å². The molecule has 0 amide bonds. The third kappa shape index (κ3) is 5.92. The molecule has 1 unspecified atom stereocenters. The average molecular weight is 489 g/mol. The van der Waals surface area contributed by atoms with E-state index in [-0.39, 0.29) is 5.41 Å². The Balaban J connectivity index is 0.000000383. The molecule has 2 aliphatic rings. The molecule has 1 aliphatic heterocycles. The Morgan fingerprint density at radius 1 is 1.27 bits per heavy atom. The van der Waals surface area contributed by atoms with Crippen molar-refractivity contribution in [1.29, 1.82) is 0 Å². The van der Waals surface area contributed by atoms with Crippen LogP contribution in [0.15, 0.2) is 36.7 Å². The van der Waals surface area contributed by atoms with Crippen LogP contribution in [0.2, 0.25) is 0 Å². The van der Waals surface area contributed by atoms with Gasteiger partial charge in [-0.05, 0) is 35.8 Å². The molecule has 0 bridgehead atoms. The first-order valence-electron chi connectivity index (χ1n) is 10.4. The Kier molecular flexibility index (Phi) is 7.20. The predicted molar refractivity (Wildman–Crippen MR) is 115 cm³/mol. The molecular formula is C21H27F3N4O4S. The molecule has 33 heavy (non-hydrogen) atoms. The maximum absolute atomic E-state index is 11.9. The highest BCUT2D eigenvalue weighted by molar-refractivity contribution is 7.88. The van der Waals surface area contributed by atoms with Crippen molar-refractivity contribution >= 4 is 16.0 Å². The van der Waals surface area contributed by atoms with Gasteiger partial charge in [-0.15, -0.1) is 0 Å². The molecule has 2 aromatic rings. The Labute approximate surface area is 190 Å². The SMILES string of the molecule is Cn1cc(CNC2CC3(CCN(S(C)(=O)=O)CC3)c3ccccc32)cn1.O=C(O)C(F)(F)F. The van der Waals surface area contributed by atoms with Crippen LogP contribution in [0.4, 0.5) is 13.2 Å². The highest BCUT2D eigenvalue weighted by Gasteiger charge is 2.46. The third-order valence-corrected chi connectivity index (χ3v) is 7.51. The molecule has 0 saturated carbocycles. The molecule has 1 aliphatic carbocycles. The Morgan fingerprint density at radius 2 is 1.88 bits per heavy atom. The van der Waals surface area contributed by atoms with Gasteiger partial charge in [-0.2, -0.15) is 18.3 Å². The summed E-state index contributed by atoms with van der Waals surface area (Å²) in [5.41, 5.74) is 4.03. The second-order valence-electron chi connectivity index (χ2n) is 8.49. The maximum atomic E-state index is 11.9. The van der Waals surface area contributed by atoms with Crippen molar-refractivity contribution in [2.75, 3.05) is 19.3 Å². The minimum Gasteiger partial charge on any atom is -0.475 e. The average Bonchev–Trinajstić information content (AvgIpc) is 3.28. The van der Waals surface area contributed by atoms with Gasteiger partial charge in [-0.3, -0.25) is 4.68 Å². The van der Waals surface area contributed by atoms with E-state index < -0.39 is 22.2 Å². The lowest BCUT2D eigenvalue weighted by molar-refractivity contribution is -0.192. The van der Waals surface area contributed by atoms with Crippen LogP contribution < -0.4 is 5.32 Å². The molecule has 2 N–H and O–H groups in total. The second kappa shape index (κ2) is 9.43. The van der Waals surface area contributed by atoms with E-state index in [4.69, 9.17) is 9.90 Å². The number of carbonyl (C=O) groups is 1. The molecule has 1 aromatic heterocycles. The first-order chi connectivity index (χ1) is 15.3. The molecule has 2 heterocycles. The summed E-state index contributed by atoms with van der Waals surface area (Å²) in [5.74, 6) is -2.76. The van der Waals surface area contributed by atoms with E-state index in [0.717, 1.165) is 25.8 Å². The van der Waals surface area contributed by atoms with Crippen molar-refractivity contribution < 1.29 is 31.5 Å². The van der Waals surface area contributed by atoms with E-state index >= 15 is 0 Å². The molecule has 0 radical (unpaired) electrons. The Morgan fingerprint density at radius 3 is 2.39 bits per heavy atom. The summed E-state index contributed by atoms with van der Waals surface area (Å²) in [4.78, 5) is 8.90. The summed E-state index contributed by atoms with van der Waals surface area (Å²) in [6, 6.07) is 8.96. The van der Waals surface area contributed by atoms with Crippen molar-refractivity contribution in [1.82, 2.24) is 19.4 Å². The van der Waals surface area contributed by atoms with Crippen LogP contribution >= 0.6 is 0 Å². The number of aryl methyl sites for hydroxylation is 1. The summed E-state index contributed by atoms with van der Waals surface area (Å²) in [6.45, 7) is 2.02. The number of carboxylic acid groups (broad SMARTS) is 1. The van der Waals surface area contributed by atoms with Crippen LogP contribution in [-0.4, -0.2) is 59.1 Å². The highest BCUT2D eigenvalue weighted by Crippen LogP contribution is 2.50. The number of carboxylic acids is 1. The number of sulfonamides is 1. The van der Waals surface area contributed by atoms with Gasteiger partial charge < -0.3 is 10.4 Å². The van der Waals surface area contributed by atoms with Gasteiger partial charge in [0.15, 0.2) is 0 Å². The quantitative estimate of drug-likeness (QED) is 0.686. The normalized spacial score (nSPS) is 20.2. The number of nitrogens with one attached hydrogen (secondary N) is 1. The largest absolute Gasteiger partial charge is 0.490 e. The lowest BCUT2D eigenvalue weighted by Gasteiger charge is -2.39. The number of hydrogen-bond donors (Lipinski definition) is 2. The fraction of sp³-hybridized carbons (Fsp3) is 0.524. The van der Waals surface area contributed by atoms with E-state index in [2.05, 4.69) is 34.7 Å². The molecular weight excluding hydrogens is 461 g/mol. The summed E-state index contributed by atoms with van der Waals surface area (Å²) >= 11 is 0. The van der Waals surface area contributed by atoms with Crippen molar-refractivity contribution in [3.05, 3.63) is 53.3 Å². The lowest BCUT2D eigenvalue weighted by atomic mass is 9.74. The van der Waals surface area contributed by atoms with E-state index in [9.17, 15) is 21.6 Å². The number of hydrogen-bond acceptors (Lipinski definition) is 5. The van der Waals surface area contributed by atoms with E-state index in [0.29, 0.717) is 19.1 Å². The van der Waals surface area contributed by atoms with Crippen LogP contribution in [0.3, 0.4) is 0 Å². The minimum absolute atomic E-state index is 0.0877. The zero-order valence-corrected chi connectivity index (χ0v) is 19.2. The van der Waals surface area contributed by atoms with Crippen LogP contribution in [0.25, 0.3) is 0 Å². The maximum Gasteiger partial charge on any atom is 0.490 e. The molecule has 12 heteroatoms. The molecule has 1 atom stereocenters. The number of fused-ring (bicyclic) bond motifs is 2. The van der Waals surface area contributed by atoms with Gasteiger partial charge >= 0.3 is 12.1 Å². The summed E-state index contributed by atoms with van der Waals surface area (Å²) in [6.07, 6.45) is 2.98. The minimum atomic E-state index is -5.08. The molecule has 1 spiro atoms. The number of aromatic nitrogens is 2. The molecule has 1 fully saturated rings. The molecule has 1 saturated heterocycles. The van der Waals surface area contributed by atoms with Crippen molar-refractivity contribution in [3.8, 4) is 0 Å². The number of halogens is 3. The number of benzene rings is 1. The van der Waals surface area contributed by atoms with Gasteiger partial charge in [-0.1, -0.05) is 24.3 Å². The van der Waals surface area contributed by atoms with Crippen molar-refractivity contribution in [2.24, 2.45) is 7.05 Å². The zero-order chi connectivity index (χ0) is 24.4. The molecule has 1 aromatic carbocycles. The smallest absolute Gasteiger partial charge is 0.475 e. The lowest BCUT2D eigenvalue weighted by Crippen LogP contribution is -2.44. The van der Waals surface area contributed by atoms with E-state index in [1.165, 1.54) is 22.9 Å². The molecule has 182 valence electrons. The predicted octanol–water partition coefficient (Wildman–Crippen LogP) is 2.58.